The minimum Gasteiger partial charge on any atom is -0.497 e. The van der Waals surface area contributed by atoms with E-state index in [2.05, 4.69) is 15.5 Å². The fraction of sp³-hybridized carbons (Fsp3) is 0.312. The molecule has 2 aromatic rings. The van der Waals surface area contributed by atoms with Crippen molar-refractivity contribution in [1.82, 2.24) is 15.5 Å². The number of ether oxygens (including phenoxy) is 2. The van der Waals surface area contributed by atoms with Crippen LogP contribution in [0.15, 0.2) is 24.3 Å². The summed E-state index contributed by atoms with van der Waals surface area (Å²) in [6, 6.07) is 5.79. The topological polar surface area (TPSA) is 114 Å². The van der Waals surface area contributed by atoms with E-state index in [9.17, 15) is 9.59 Å². The second-order valence-electron chi connectivity index (χ2n) is 5.17. The highest BCUT2D eigenvalue weighted by atomic mass is 16.5. The fourth-order valence-electron chi connectivity index (χ4n) is 2.29. The summed E-state index contributed by atoms with van der Waals surface area (Å²) >= 11 is 0. The molecule has 0 saturated carbocycles. The summed E-state index contributed by atoms with van der Waals surface area (Å²) in [6.45, 7) is 1.77. The van der Waals surface area contributed by atoms with Gasteiger partial charge in [0.05, 0.1) is 26.7 Å². The zero-order valence-corrected chi connectivity index (χ0v) is 13.6. The lowest BCUT2D eigenvalue weighted by molar-refractivity contribution is -0.137. The number of benzene rings is 1. The first-order valence-electron chi connectivity index (χ1n) is 7.21. The van der Waals surface area contributed by atoms with Crippen LogP contribution in [0.4, 0.5) is 0 Å². The molecule has 1 unspecified atom stereocenters. The highest BCUT2D eigenvalue weighted by Crippen LogP contribution is 2.31. The van der Waals surface area contributed by atoms with Crippen LogP contribution < -0.4 is 14.8 Å². The number of H-pyrrole nitrogens is 1. The number of aromatic amines is 1. The number of hydrogen-bond acceptors (Lipinski definition) is 5. The van der Waals surface area contributed by atoms with Gasteiger partial charge in [-0.25, -0.2) is 0 Å². The van der Waals surface area contributed by atoms with Crippen LogP contribution in [0.2, 0.25) is 0 Å². The van der Waals surface area contributed by atoms with Crippen LogP contribution in [0.3, 0.4) is 0 Å². The van der Waals surface area contributed by atoms with E-state index in [0.29, 0.717) is 17.1 Å². The minimum atomic E-state index is -1.05. The van der Waals surface area contributed by atoms with Crippen molar-refractivity contribution in [2.24, 2.45) is 0 Å². The largest absolute Gasteiger partial charge is 0.497 e. The Morgan fingerprint density at radius 3 is 2.58 bits per heavy atom. The lowest BCUT2D eigenvalue weighted by Gasteiger charge is -2.20. The molecular weight excluding hydrogens is 314 g/mol. The molecule has 0 fully saturated rings. The van der Waals surface area contributed by atoms with Crippen molar-refractivity contribution in [2.75, 3.05) is 14.2 Å². The third-order valence-electron chi connectivity index (χ3n) is 3.44. The number of nitrogens with zero attached hydrogens (tertiary/aromatic N) is 1. The Bertz CT molecular complexity index is 741. The van der Waals surface area contributed by atoms with Crippen LogP contribution in [0.1, 0.15) is 34.2 Å². The molecule has 1 atom stereocenters. The summed E-state index contributed by atoms with van der Waals surface area (Å²) < 4.78 is 10.4. The van der Waals surface area contributed by atoms with Crippen molar-refractivity contribution in [3.8, 4) is 11.5 Å². The van der Waals surface area contributed by atoms with Gasteiger partial charge in [-0.05, 0) is 25.1 Å². The number of hydrogen-bond donors (Lipinski definition) is 3. The molecule has 1 heterocycles. The van der Waals surface area contributed by atoms with Gasteiger partial charge in [0.25, 0.3) is 5.91 Å². The van der Waals surface area contributed by atoms with Crippen molar-refractivity contribution >= 4 is 11.9 Å². The molecule has 3 N–H and O–H groups in total. The van der Waals surface area contributed by atoms with Gasteiger partial charge in [-0.1, -0.05) is 0 Å². The Morgan fingerprint density at radius 1 is 1.29 bits per heavy atom. The number of aryl methyl sites for hydroxylation is 1. The van der Waals surface area contributed by atoms with Gasteiger partial charge >= 0.3 is 5.97 Å². The number of rotatable bonds is 7. The van der Waals surface area contributed by atoms with E-state index < -0.39 is 17.9 Å². The van der Waals surface area contributed by atoms with Gasteiger partial charge in [-0.2, -0.15) is 5.10 Å². The summed E-state index contributed by atoms with van der Waals surface area (Å²) in [5.74, 6) is -0.516. The summed E-state index contributed by atoms with van der Waals surface area (Å²) in [6.07, 6.45) is -0.294. The van der Waals surface area contributed by atoms with Gasteiger partial charge in [0.2, 0.25) is 0 Å². The number of amides is 1. The van der Waals surface area contributed by atoms with E-state index in [4.69, 9.17) is 14.6 Å². The maximum atomic E-state index is 12.3. The Morgan fingerprint density at radius 2 is 2.04 bits per heavy atom. The molecule has 0 aliphatic carbocycles. The molecule has 1 amide bonds. The number of aromatic nitrogens is 2. The van der Waals surface area contributed by atoms with Crippen molar-refractivity contribution in [3.05, 3.63) is 41.2 Å². The normalized spacial score (nSPS) is 11.6. The predicted molar refractivity (Wildman–Crippen MR) is 85.3 cm³/mol. The molecule has 0 spiro atoms. The molecule has 8 nitrogen and oxygen atoms in total. The lowest BCUT2D eigenvalue weighted by Crippen LogP contribution is -2.30. The van der Waals surface area contributed by atoms with Gasteiger partial charge in [0, 0.05) is 17.3 Å². The summed E-state index contributed by atoms with van der Waals surface area (Å²) in [5.41, 5.74) is 1.47. The first-order chi connectivity index (χ1) is 11.4. The van der Waals surface area contributed by atoms with Crippen LogP contribution in [0.5, 0.6) is 11.5 Å². The third-order valence-corrected chi connectivity index (χ3v) is 3.44. The number of aliphatic carboxylic acids is 1. The average Bonchev–Trinajstić information content (AvgIpc) is 2.99. The van der Waals surface area contributed by atoms with Gasteiger partial charge in [0.15, 0.2) is 0 Å². The molecule has 24 heavy (non-hydrogen) atoms. The van der Waals surface area contributed by atoms with E-state index in [1.807, 2.05) is 0 Å². The Balaban J connectivity index is 2.31. The van der Waals surface area contributed by atoms with Crippen LogP contribution in [0.25, 0.3) is 0 Å². The van der Waals surface area contributed by atoms with Gasteiger partial charge in [-0.3, -0.25) is 14.7 Å². The molecular formula is C16H19N3O5. The van der Waals surface area contributed by atoms with Crippen molar-refractivity contribution in [2.45, 2.75) is 19.4 Å². The van der Waals surface area contributed by atoms with Crippen molar-refractivity contribution in [1.29, 1.82) is 0 Å². The second-order valence-corrected chi connectivity index (χ2v) is 5.17. The van der Waals surface area contributed by atoms with E-state index in [-0.39, 0.29) is 12.1 Å². The maximum Gasteiger partial charge on any atom is 0.305 e. The van der Waals surface area contributed by atoms with Crippen LogP contribution in [-0.2, 0) is 4.79 Å². The number of carboxylic acid groups (broad SMARTS) is 1. The standard InChI is InChI=1S/C16H19N3O5/c1-9-6-13(19-18-9)16(22)17-12(8-15(20)21)11-5-4-10(23-2)7-14(11)24-3/h4-7,12H,8H2,1-3H3,(H,17,22)(H,18,19)(H,20,21). The van der Waals surface area contributed by atoms with E-state index in [1.165, 1.54) is 14.2 Å². The third kappa shape index (κ3) is 4.03. The van der Waals surface area contributed by atoms with E-state index in [1.54, 1.807) is 31.2 Å². The molecule has 8 heteroatoms. The van der Waals surface area contributed by atoms with Gasteiger partial charge in [-0.15, -0.1) is 0 Å². The molecule has 1 aromatic carbocycles. The zero-order valence-electron chi connectivity index (χ0n) is 13.6. The van der Waals surface area contributed by atoms with E-state index in [0.717, 1.165) is 5.69 Å². The van der Waals surface area contributed by atoms with E-state index >= 15 is 0 Å². The maximum absolute atomic E-state index is 12.3. The molecule has 128 valence electrons. The number of carboxylic acids is 1. The van der Waals surface area contributed by atoms with Crippen LogP contribution in [-0.4, -0.2) is 41.4 Å². The molecule has 2 rings (SSSR count). The van der Waals surface area contributed by atoms with Crippen LogP contribution in [0, 0.1) is 6.92 Å². The first-order valence-corrected chi connectivity index (χ1v) is 7.21. The highest BCUT2D eigenvalue weighted by molar-refractivity contribution is 5.93. The zero-order chi connectivity index (χ0) is 17.7. The minimum absolute atomic E-state index is 0.190. The van der Waals surface area contributed by atoms with Gasteiger partial charge in [0.1, 0.15) is 17.2 Å². The number of carbonyl (C=O) groups excluding carboxylic acids is 1. The molecule has 0 radical (unpaired) electrons. The highest BCUT2D eigenvalue weighted by Gasteiger charge is 2.23. The second kappa shape index (κ2) is 7.49. The SMILES string of the molecule is COc1ccc(C(CC(=O)O)NC(=O)c2cc(C)[nH]n2)c(OC)c1. The fourth-order valence-corrected chi connectivity index (χ4v) is 2.29. The monoisotopic (exact) mass is 333 g/mol. The molecule has 0 bridgehead atoms. The molecule has 0 aliphatic rings. The Labute approximate surface area is 138 Å². The number of methoxy groups -OCH3 is 2. The predicted octanol–water partition coefficient (Wildman–Crippen LogP) is 1.68. The lowest BCUT2D eigenvalue weighted by atomic mass is 10.0. The quantitative estimate of drug-likeness (QED) is 0.710. The number of nitrogens with one attached hydrogen (secondary N) is 2. The van der Waals surface area contributed by atoms with Crippen LogP contribution >= 0.6 is 0 Å². The van der Waals surface area contributed by atoms with Crippen molar-refractivity contribution in [3.63, 3.8) is 0 Å². The Kier molecular flexibility index (Phi) is 5.41. The summed E-state index contributed by atoms with van der Waals surface area (Å²) in [4.78, 5) is 23.5. The molecule has 0 saturated heterocycles. The smallest absolute Gasteiger partial charge is 0.305 e. The summed E-state index contributed by atoms with van der Waals surface area (Å²) in [5, 5.41) is 18.4. The molecule has 1 aromatic heterocycles. The summed E-state index contributed by atoms with van der Waals surface area (Å²) in [7, 11) is 2.99. The first kappa shape index (κ1) is 17.3. The average molecular weight is 333 g/mol. The Hall–Kier alpha value is -3.03. The van der Waals surface area contributed by atoms with Crippen molar-refractivity contribution < 1.29 is 24.2 Å². The van der Waals surface area contributed by atoms with Gasteiger partial charge < -0.3 is 19.9 Å². The number of carbonyl (C=O) groups is 2. The molecule has 0 aliphatic heterocycles.